The Balaban J connectivity index is 1.99. The van der Waals surface area contributed by atoms with E-state index >= 15 is 0 Å². The summed E-state index contributed by atoms with van der Waals surface area (Å²) in [4.78, 5) is 17.0. The Kier molecular flexibility index (Phi) is 7.92. The first-order valence-electron chi connectivity index (χ1n) is 10.8. The Hall–Kier alpha value is -1.89. The van der Waals surface area contributed by atoms with E-state index < -0.39 is 0 Å². The minimum absolute atomic E-state index is 0.00141. The van der Waals surface area contributed by atoms with Crippen LogP contribution in [0.15, 0.2) is 24.3 Å². The van der Waals surface area contributed by atoms with Gasteiger partial charge in [0.25, 0.3) is 0 Å². The van der Waals surface area contributed by atoms with E-state index in [1.165, 1.54) is 11.3 Å². The maximum atomic E-state index is 12.7. The molecule has 0 saturated carbocycles. The van der Waals surface area contributed by atoms with Crippen LogP contribution in [0.5, 0.6) is 0 Å². The van der Waals surface area contributed by atoms with Crippen LogP contribution in [0.4, 0.5) is 0 Å². The van der Waals surface area contributed by atoms with Crippen LogP contribution in [0.3, 0.4) is 0 Å². The normalized spacial score (nSPS) is 14.2. The molecule has 3 rings (SSSR count). The molecule has 6 nitrogen and oxygen atoms in total. The molecule has 0 radical (unpaired) electrons. The molecule has 2 heterocycles. The van der Waals surface area contributed by atoms with Crippen LogP contribution in [0.2, 0.25) is 5.02 Å². The van der Waals surface area contributed by atoms with Crippen LogP contribution in [0.25, 0.3) is 5.69 Å². The number of carbonyl (C=O) groups is 1. The Morgan fingerprint density at radius 1 is 1.37 bits per heavy atom. The number of hydrogen-bond donors (Lipinski definition) is 0. The number of aromatic nitrogens is 2. The Morgan fingerprint density at radius 2 is 2.17 bits per heavy atom. The molecule has 1 aliphatic rings. The second kappa shape index (κ2) is 10.4. The van der Waals surface area contributed by atoms with E-state index in [-0.39, 0.29) is 12.5 Å². The second-order valence-electron chi connectivity index (χ2n) is 8.39. The number of methoxy groups -OCH3 is 1. The highest BCUT2D eigenvalue weighted by Gasteiger charge is 2.27. The molecule has 2 aromatic rings. The van der Waals surface area contributed by atoms with Gasteiger partial charge in [-0.15, -0.1) is 0 Å². The van der Waals surface area contributed by atoms with Gasteiger partial charge in [-0.3, -0.25) is 9.69 Å². The molecule has 7 heteroatoms. The molecule has 0 unspecified atom stereocenters. The van der Waals surface area contributed by atoms with Crippen molar-refractivity contribution in [2.24, 2.45) is 5.92 Å². The average Bonchev–Trinajstić information content (AvgIpc) is 3.05. The zero-order valence-corrected chi connectivity index (χ0v) is 19.3. The smallest absolute Gasteiger partial charge is 0.248 e. The number of halogens is 1. The fourth-order valence-corrected chi connectivity index (χ4v) is 4.27. The Bertz CT molecular complexity index is 865. The summed E-state index contributed by atoms with van der Waals surface area (Å²) in [5.41, 5.74) is 4.40. The maximum Gasteiger partial charge on any atom is 0.248 e. The summed E-state index contributed by atoms with van der Waals surface area (Å²) in [7, 11) is 1.56. The first kappa shape index (κ1) is 22.8. The molecule has 0 atom stereocenters. The van der Waals surface area contributed by atoms with Gasteiger partial charge in [-0.25, -0.2) is 4.68 Å². The summed E-state index contributed by atoms with van der Waals surface area (Å²) < 4.78 is 7.14. The lowest BCUT2D eigenvalue weighted by Gasteiger charge is -2.28. The average molecular weight is 433 g/mol. The van der Waals surface area contributed by atoms with Gasteiger partial charge in [0.15, 0.2) is 0 Å². The summed E-state index contributed by atoms with van der Waals surface area (Å²) in [6.07, 6.45) is 2.06. The lowest BCUT2D eigenvalue weighted by atomic mass is 10.0. The Labute approximate surface area is 184 Å². The minimum atomic E-state index is -0.00141. The number of carbonyl (C=O) groups excluding carboxylic acids is 1. The van der Waals surface area contributed by atoms with Crippen LogP contribution in [-0.4, -0.2) is 58.8 Å². The molecule has 1 aromatic heterocycles. The minimum Gasteiger partial charge on any atom is -0.375 e. The number of benzene rings is 1. The van der Waals surface area contributed by atoms with Crippen LogP contribution in [0.1, 0.15) is 44.1 Å². The summed E-state index contributed by atoms with van der Waals surface area (Å²) in [6.45, 7) is 10.7. The zero-order valence-electron chi connectivity index (χ0n) is 18.5. The van der Waals surface area contributed by atoms with Gasteiger partial charge >= 0.3 is 0 Å². The zero-order chi connectivity index (χ0) is 21.7. The van der Waals surface area contributed by atoms with E-state index in [2.05, 4.69) is 25.7 Å². The number of hydrogen-bond acceptors (Lipinski definition) is 4. The van der Waals surface area contributed by atoms with Crippen molar-refractivity contribution in [2.45, 2.75) is 46.7 Å². The van der Waals surface area contributed by atoms with Crippen LogP contribution in [0, 0.1) is 5.92 Å². The van der Waals surface area contributed by atoms with Crippen molar-refractivity contribution in [3.05, 3.63) is 46.2 Å². The number of rotatable bonds is 9. The van der Waals surface area contributed by atoms with Crippen LogP contribution >= 0.6 is 11.6 Å². The van der Waals surface area contributed by atoms with Crippen LogP contribution < -0.4 is 0 Å². The predicted molar refractivity (Wildman–Crippen MR) is 120 cm³/mol. The third kappa shape index (κ3) is 5.42. The summed E-state index contributed by atoms with van der Waals surface area (Å²) in [6, 6.07) is 7.80. The predicted octanol–water partition coefficient (Wildman–Crippen LogP) is 3.92. The highest BCUT2D eigenvalue weighted by Crippen LogP contribution is 2.27. The first-order chi connectivity index (χ1) is 14.4. The van der Waals surface area contributed by atoms with Crippen molar-refractivity contribution in [3.8, 4) is 5.69 Å². The third-order valence-electron chi connectivity index (χ3n) is 5.36. The van der Waals surface area contributed by atoms with Gasteiger partial charge in [-0.1, -0.05) is 38.4 Å². The largest absolute Gasteiger partial charge is 0.375 e. The van der Waals surface area contributed by atoms with Gasteiger partial charge in [0, 0.05) is 43.8 Å². The molecule has 0 bridgehead atoms. The molecule has 1 amide bonds. The number of ether oxygens (including phenoxy) is 1. The summed E-state index contributed by atoms with van der Waals surface area (Å²) in [5.74, 6) is 0.367. The van der Waals surface area contributed by atoms with Crippen molar-refractivity contribution >= 4 is 17.5 Å². The van der Waals surface area contributed by atoms with E-state index in [0.29, 0.717) is 24.0 Å². The molecule has 0 aliphatic carbocycles. The van der Waals surface area contributed by atoms with E-state index in [1.807, 2.05) is 33.8 Å². The lowest BCUT2D eigenvalue weighted by Crippen LogP contribution is -2.37. The quantitative estimate of drug-likeness (QED) is 0.602. The van der Waals surface area contributed by atoms with E-state index in [4.69, 9.17) is 21.4 Å². The van der Waals surface area contributed by atoms with Crippen molar-refractivity contribution < 1.29 is 9.53 Å². The topological polar surface area (TPSA) is 50.6 Å². The summed E-state index contributed by atoms with van der Waals surface area (Å²) >= 11 is 6.25. The number of nitrogens with zero attached hydrogens (tertiary/aromatic N) is 4. The van der Waals surface area contributed by atoms with Gasteiger partial charge in [0.05, 0.1) is 23.6 Å². The molecule has 1 aromatic carbocycles. The molecule has 30 heavy (non-hydrogen) atoms. The molecule has 1 aliphatic heterocycles. The second-order valence-corrected chi connectivity index (χ2v) is 8.83. The fourth-order valence-electron chi connectivity index (χ4n) is 4.09. The third-order valence-corrected chi connectivity index (χ3v) is 5.59. The van der Waals surface area contributed by atoms with Crippen molar-refractivity contribution in [1.29, 1.82) is 0 Å². The SMILES string of the molecule is CCCN1CCc2c(c(CN(CC(C)C)C(=O)COC)nn2-c2cccc(Cl)c2)C1. The van der Waals surface area contributed by atoms with Gasteiger partial charge in [0.2, 0.25) is 5.91 Å². The maximum absolute atomic E-state index is 12.7. The molecule has 164 valence electrons. The fraction of sp³-hybridized carbons (Fsp3) is 0.565. The number of amides is 1. The van der Waals surface area contributed by atoms with Gasteiger partial charge < -0.3 is 9.64 Å². The van der Waals surface area contributed by atoms with E-state index in [0.717, 1.165) is 43.9 Å². The van der Waals surface area contributed by atoms with Crippen molar-refractivity contribution in [1.82, 2.24) is 19.6 Å². The molecule has 0 spiro atoms. The highest BCUT2D eigenvalue weighted by atomic mass is 35.5. The summed E-state index contributed by atoms with van der Waals surface area (Å²) in [5, 5.41) is 5.68. The highest BCUT2D eigenvalue weighted by molar-refractivity contribution is 6.30. The van der Waals surface area contributed by atoms with Gasteiger partial charge in [-0.05, 0) is 37.1 Å². The molecule has 0 N–H and O–H groups in total. The molecule has 0 saturated heterocycles. The van der Waals surface area contributed by atoms with E-state index in [1.54, 1.807) is 7.11 Å². The first-order valence-corrected chi connectivity index (χ1v) is 11.1. The molecular formula is C23H33ClN4O2. The van der Waals surface area contributed by atoms with Gasteiger partial charge in [0.1, 0.15) is 6.61 Å². The number of fused-ring (bicyclic) bond motifs is 1. The van der Waals surface area contributed by atoms with Crippen LogP contribution in [-0.2, 0) is 29.0 Å². The lowest BCUT2D eigenvalue weighted by molar-refractivity contribution is -0.136. The molecular weight excluding hydrogens is 400 g/mol. The standard InChI is InChI=1S/C23H33ClN4O2/c1-5-10-26-11-9-22-20(14-26)21(15-27(13-17(2)3)23(29)16-30-4)25-28(22)19-8-6-7-18(24)12-19/h6-8,12,17H,5,9-11,13-16H2,1-4H3. The van der Waals surface area contributed by atoms with Crippen molar-refractivity contribution in [3.63, 3.8) is 0 Å². The molecule has 0 fully saturated rings. The van der Waals surface area contributed by atoms with E-state index in [9.17, 15) is 4.79 Å². The van der Waals surface area contributed by atoms with Crippen molar-refractivity contribution in [2.75, 3.05) is 33.4 Å². The monoisotopic (exact) mass is 432 g/mol. The Morgan fingerprint density at radius 3 is 2.83 bits per heavy atom. The van der Waals surface area contributed by atoms with Gasteiger partial charge in [-0.2, -0.15) is 5.10 Å².